The zero-order chi connectivity index (χ0) is 14.5. The van der Waals surface area contributed by atoms with Gasteiger partial charge in [0, 0.05) is 11.8 Å². The highest BCUT2D eigenvalue weighted by molar-refractivity contribution is 7.09. The molecule has 1 aromatic heterocycles. The van der Waals surface area contributed by atoms with Crippen LogP contribution >= 0.6 is 11.3 Å². The molecule has 0 unspecified atom stereocenters. The third kappa shape index (κ3) is 3.81. The number of carboxylic acids is 1. The van der Waals surface area contributed by atoms with Crippen LogP contribution in [0.1, 0.15) is 33.0 Å². The molecule has 1 N–H and O–H groups in total. The van der Waals surface area contributed by atoms with Crippen molar-refractivity contribution in [3.05, 3.63) is 45.4 Å². The highest BCUT2D eigenvalue weighted by atomic mass is 32.1. The predicted molar refractivity (Wildman–Crippen MR) is 78.8 cm³/mol. The summed E-state index contributed by atoms with van der Waals surface area (Å²) >= 11 is 1.38. The van der Waals surface area contributed by atoms with Crippen LogP contribution in [0.4, 0.5) is 0 Å². The number of thiazole rings is 1. The van der Waals surface area contributed by atoms with Gasteiger partial charge in [-0.2, -0.15) is 0 Å². The van der Waals surface area contributed by atoms with Crippen molar-refractivity contribution in [1.29, 1.82) is 0 Å². The number of aromatic carboxylic acids is 1. The van der Waals surface area contributed by atoms with Crippen LogP contribution in [0.15, 0.2) is 23.6 Å². The molecule has 1 aromatic carbocycles. The van der Waals surface area contributed by atoms with Gasteiger partial charge < -0.3 is 9.84 Å². The Balaban J connectivity index is 1.78. The van der Waals surface area contributed by atoms with E-state index in [1.807, 2.05) is 18.2 Å². The maximum atomic E-state index is 10.7. The SMILES string of the molecule is Cc1ccc(OCCCc2nc(C(=O)O)cs2)cc1C. The summed E-state index contributed by atoms with van der Waals surface area (Å²) in [5, 5.41) is 11.2. The summed E-state index contributed by atoms with van der Waals surface area (Å²) < 4.78 is 5.68. The van der Waals surface area contributed by atoms with Crippen molar-refractivity contribution >= 4 is 17.3 Å². The molecule has 0 amide bonds. The molecule has 0 saturated carbocycles. The maximum Gasteiger partial charge on any atom is 0.355 e. The van der Waals surface area contributed by atoms with Gasteiger partial charge in [-0.15, -0.1) is 11.3 Å². The molecule has 5 heteroatoms. The van der Waals surface area contributed by atoms with Gasteiger partial charge in [0.25, 0.3) is 0 Å². The van der Waals surface area contributed by atoms with Crippen molar-refractivity contribution in [2.75, 3.05) is 6.61 Å². The minimum atomic E-state index is -0.973. The highest BCUT2D eigenvalue weighted by Crippen LogP contribution is 2.17. The monoisotopic (exact) mass is 291 g/mol. The quantitative estimate of drug-likeness (QED) is 0.828. The van der Waals surface area contributed by atoms with Crippen molar-refractivity contribution in [2.45, 2.75) is 26.7 Å². The minimum Gasteiger partial charge on any atom is -0.494 e. The van der Waals surface area contributed by atoms with Crippen molar-refractivity contribution in [3.8, 4) is 5.75 Å². The molecule has 1 heterocycles. The average Bonchev–Trinajstić information content (AvgIpc) is 2.88. The molecule has 0 spiro atoms. The predicted octanol–water partition coefficient (Wildman–Crippen LogP) is 3.47. The molecule has 0 bridgehead atoms. The van der Waals surface area contributed by atoms with Crippen LogP contribution in [0.3, 0.4) is 0 Å². The summed E-state index contributed by atoms with van der Waals surface area (Å²) in [6, 6.07) is 6.04. The molecule has 2 aromatic rings. The van der Waals surface area contributed by atoms with E-state index in [4.69, 9.17) is 9.84 Å². The Hall–Kier alpha value is -1.88. The third-order valence-corrected chi connectivity index (χ3v) is 3.96. The smallest absolute Gasteiger partial charge is 0.355 e. The first-order valence-electron chi connectivity index (χ1n) is 6.44. The first-order chi connectivity index (χ1) is 9.56. The van der Waals surface area contributed by atoms with Gasteiger partial charge in [0.1, 0.15) is 5.75 Å². The van der Waals surface area contributed by atoms with E-state index in [1.54, 1.807) is 5.38 Å². The molecule has 0 aliphatic carbocycles. The molecule has 0 saturated heterocycles. The lowest BCUT2D eigenvalue weighted by atomic mass is 10.1. The summed E-state index contributed by atoms with van der Waals surface area (Å²) in [7, 11) is 0. The molecule has 2 rings (SSSR count). The standard InChI is InChI=1S/C15H17NO3S/c1-10-5-6-12(8-11(10)2)19-7-3-4-14-16-13(9-20-14)15(17)18/h5-6,8-9H,3-4,7H2,1-2H3,(H,17,18). The van der Waals surface area contributed by atoms with Crippen molar-refractivity contribution in [1.82, 2.24) is 4.98 Å². The van der Waals surface area contributed by atoms with Crippen molar-refractivity contribution < 1.29 is 14.6 Å². The lowest BCUT2D eigenvalue weighted by molar-refractivity contribution is 0.0691. The highest BCUT2D eigenvalue weighted by Gasteiger charge is 2.08. The number of benzene rings is 1. The summed E-state index contributed by atoms with van der Waals surface area (Å²) in [5.41, 5.74) is 2.59. The lowest BCUT2D eigenvalue weighted by Gasteiger charge is -2.07. The fraction of sp³-hybridized carbons (Fsp3) is 0.333. The van der Waals surface area contributed by atoms with Crippen LogP contribution in [-0.2, 0) is 6.42 Å². The molecule has 0 aliphatic heterocycles. The number of nitrogens with zero attached hydrogens (tertiary/aromatic N) is 1. The fourth-order valence-electron chi connectivity index (χ4n) is 1.74. The second kappa shape index (κ2) is 6.52. The van der Waals surface area contributed by atoms with E-state index in [9.17, 15) is 4.79 Å². The number of ether oxygens (including phenoxy) is 1. The van der Waals surface area contributed by atoms with Crippen LogP contribution in [0.25, 0.3) is 0 Å². The number of aryl methyl sites for hydroxylation is 3. The minimum absolute atomic E-state index is 0.125. The molecule has 106 valence electrons. The van der Waals surface area contributed by atoms with E-state index in [0.717, 1.165) is 23.6 Å². The molecule has 0 radical (unpaired) electrons. The van der Waals surface area contributed by atoms with Gasteiger partial charge in [-0.05, 0) is 43.5 Å². The van der Waals surface area contributed by atoms with E-state index in [0.29, 0.717) is 6.61 Å². The molecule has 4 nitrogen and oxygen atoms in total. The normalized spacial score (nSPS) is 10.5. The van der Waals surface area contributed by atoms with Crippen LogP contribution in [0.5, 0.6) is 5.75 Å². The number of aromatic nitrogens is 1. The van der Waals surface area contributed by atoms with E-state index < -0.39 is 5.97 Å². The number of rotatable bonds is 6. The largest absolute Gasteiger partial charge is 0.494 e. The van der Waals surface area contributed by atoms with Crippen molar-refractivity contribution in [3.63, 3.8) is 0 Å². The van der Waals surface area contributed by atoms with Gasteiger partial charge in [0.2, 0.25) is 0 Å². The van der Waals surface area contributed by atoms with Crippen LogP contribution in [-0.4, -0.2) is 22.7 Å². The van der Waals surface area contributed by atoms with Gasteiger partial charge >= 0.3 is 5.97 Å². The summed E-state index contributed by atoms with van der Waals surface area (Å²) in [6.45, 7) is 4.73. The van der Waals surface area contributed by atoms with E-state index in [-0.39, 0.29) is 5.69 Å². The zero-order valence-electron chi connectivity index (χ0n) is 11.5. The van der Waals surface area contributed by atoms with E-state index in [2.05, 4.69) is 18.8 Å². The average molecular weight is 291 g/mol. The first kappa shape index (κ1) is 14.5. The van der Waals surface area contributed by atoms with Gasteiger partial charge in [-0.3, -0.25) is 0 Å². The molecular weight excluding hydrogens is 274 g/mol. The molecular formula is C15H17NO3S. The molecule has 20 heavy (non-hydrogen) atoms. The Bertz CT molecular complexity index is 607. The molecule has 0 aliphatic rings. The molecule has 0 atom stereocenters. The fourth-order valence-corrected chi connectivity index (χ4v) is 2.56. The molecule has 0 fully saturated rings. The second-order valence-electron chi connectivity index (χ2n) is 4.63. The van der Waals surface area contributed by atoms with Gasteiger partial charge in [0.05, 0.1) is 11.6 Å². The Labute approximate surface area is 122 Å². The topological polar surface area (TPSA) is 59.4 Å². The summed E-state index contributed by atoms with van der Waals surface area (Å²) in [5.74, 6) is -0.0997. The van der Waals surface area contributed by atoms with E-state index in [1.165, 1.54) is 22.5 Å². The first-order valence-corrected chi connectivity index (χ1v) is 7.32. The second-order valence-corrected chi connectivity index (χ2v) is 5.57. The van der Waals surface area contributed by atoms with Crippen LogP contribution < -0.4 is 4.74 Å². The third-order valence-electron chi connectivity index (χ3n) is 3.05. The van der Waals surface area contributed by atoms with Gasteiger partial charge in [0.15, 0.2) is 5.69 Å². The van der Waals surface area contributed by atoms with Gasteiger partial charge in [-0.1, -0.05) is 6.07 Å². The number of hydrogen-bond donors (Lipinski definition) is 1. The lowest BCUT2D eigenvalue weighted by Crippen LogP contribution is -2.01. The Morgan fingerprint density at radius 3 is 2.80 bits per heavy atom. The van der Waals surface area contributed by atoms with Gasteiger partial charge in [-0.25, -0.2) is 9.78 Å². The van der Waals surface area contributed by atoms with Crippen LogP contribution in [0.2, 0.25) is 0 Å². The summed E-state index contributed by atoms with van der Waals surface area (Å²) in [6.07, 6.45) is 1.56. The Kier molecular flexibility index (Phi) is 4.74. The number of carbonyl (C=O) groups is 1. The summed E-state index contributed by atoms with van der Waals surface area (Å²) in [4.78, 5) is 14.8. The van der Waals surface area contributed by atoms with Crippen molar-refractivity contribution in [2.24, 2.45) is 0 Å². The zero-order valence-corrected chi connectivity index (χ0v) is 12.4. The Morgan fingerprint density at radius 2 is 2.15 bits per heavy atom. The Morgan fingerprint density at radius 1 is 1.35 bits per heavy atom. The van der Waals surface area contributed by atoms with E-state index >= 15 is 0 Å². The number of hydrogen-bond acceptors (Lipinski definition) is 4. The number of carboxylic acid groups (broad SMARTS) is 1. The maximum absolute atomic E-state index is 10.7. The van der Waals surface area contributed by atoms with Crippen LogP contribution in [0, 0.1) is 13.8 Å².